The van der Waals surface area contributed by atoms with Crippen LogP contribution in [-0.2, 0) is 0 Å². The largest absolute Gasteiger partial charge is 0.306 e. The van der Waals surface area contributed by atoms with E-state index in [1.165, 1.54) is 25.1 Å². The maximum Gasteiger partial charge on any atom is 0.00477 e. The Hall–Kier alpha value is -1.08. The summed E-state index contributed by atoms with van der Waals surface area (Å²) in [5.74, 6) is 0.729. The van der Waals surface area contributed by atoms with Gasteiger partial charge in [-0.1, -0.05) is 42.5 Å². The van der Waals surface area contributed by atoms with Gasteiger partial charge >= 0.3 is 0 Å². The van der Waals surface area contributed by atoms with E-state index in [1.54, 1.807) is 0 Å². The summed E-state index contributed by atoms with van der Waals surface area (Å²) >= 11 is 0. The molecule has 0 saturated carbocycles. The van der Waals surface area contributed by atoms with Crippen molar-refractivity contribution in [3.63, 3.8) is 0 Å². The molecule has 0 amide bonds. The zero-order chi connectivity index (χ0) is 9.80. The maximum atomic E-state index is 2.40. The molecule has 0 bridgehead atoms. The van der Waals surface area contributed by atoms with E-state index in [1.807, 2.05) is 0 Å². The highest BCUT2D eigenvalue weighted by molar-refractivity contribution is 5.33. The standard InChI is InChI=1S/C13H17N/c1-14-10-9-13(11-14)12-7-5-3-2-4-6-8-12/h2-8,13H,9-11H2,1H3. The average molecular weight is 187 g/mol. The molecule has 0 N–H and O–H groups in total. The topological polar surface area (TPSA) is 3.24 Å². The summed E-state index contributed by atoms with van der Waals surface area (Å²) < 4.78 is 0. The fourth-order valence-electron chi connectivity index (χ4n) is 2.06. The minimum atomic E-state index is 0.729. The molecule has 14 heavy (non-hydrogen) atoms. The Morgan fingerprint density at radius 2 is 1.93 bits per heavy atom. The minimum absolute atomic E-state index is 0.729. The van der Waals surface area contributed by atoms with Crippen molar-refractivity contribution < 1.29 is 0 Å². The number of likely N-dealkylation sites (tertiary alicyclic amines) is 1. The van der Waals surface area contributed by atoms with Crippen LogP contribution in [0.25, 0.3) is 0 Å². The first kappa shape index (κ1) is 9.47. The van der Waals surface area contributed by atoms with Gasteiger partial charge in [-0.05, 0) is 31.5 Å². The quantitative estimate of drug-likeness (QED) is 0.610. The molecule has 0 aromatic rings. The van der Waals surface area contributed by atoms with Crippen molar-refractivity contribution in [1.29, 1.82) is 0 Å². The molecule has 0 spiro atoms. The molecule has 1 aliphatic carbocycles. The smallest absolute Gasteiger partial charge is 0.00477 e. The maximum absolute atomic E-state index is 2.40. The first-order chi connectivity index (χ1) is 6.86. The van der Waals surface area contributed by atoms with Crippen LogP contribution in [0, 0.1) is 5.92 Å². The van der Waals surface area contributed by atoms with Crippen molar-refractivity contribution in [3.05, 3.63) is 48.1 Å². The van der Waals surface area contributed by atoms with Gasteiger partial charge in [-0.25, -0.2) is 0 Å². The predicted octanol–water partition coefficient (Wildman–Crippen LogP) is 2.55. The average Bonchev–Trinajstić information content (AvgIpc) is 2.51. The van der Waals surface area contributed by atoms with Crippen molar-refractivity contribution in [1.82, 2.24) is 4.90 Å². The Kier molecular flexibility index (Phi) is 3.00. The molecule has 1 atom stereocenters. The summed E-state index contributed by atoms with van der Waals surface area (Å²) in [7, 11) is 2.20. The van der Waals surface area contributed by atoms with Gasteiger partial charge in [-0.3, -0.25) is 0 Å². The van der Waals surface area contributed by atoms with Gasteiger partial charge in [-0.2, -0.15) is 0 Å². The number of allylic oxidation sites excluding steroid dienone is 7. The number of hydrogen-bond donors (Lipinski definition) is 0. The lowest BCUT2D eigenvalue weighted by molar-refractivity contribution is 0.406. The zero-order valence-electron chi connectivity index (χ0n) is 8.69. The van der Waals surface area contributed by atoms with Gasteiger partial charge in [-0.15, -0.1) is 0 Å². The molecular formula is C13H17N. The Bertz CT molecular complexity index is 307. The van der Waals surface area contributed by atoms with Crippen LogP contribution in [0.4, 0.5) is 0 Å². The van der Waals surface area contributed by atoms with Gasteiger partial charge in [0.2, 0.25) is 0 Å². The van der Waals surface area contributed by atoms with E-state index < -0.39 is 0 Å². The van der Waals surface area contributed by atoms with E-state index in [4.69, 9.17) is 0 Å². The normalized spacial score (nSPS) is 27.5. The summed E-state index contributed by atoms with van der Waals surface area (Å²) in [6.07, 6.45) is 16.3. The molecule has 2 rings (SSSR count). The highest BCUT2D eigenvalue weighted by Crippen LogP contribution is 2.24. The Morgan fingerprint density at radius 1 is 1.14 bits per heavy atom. The van der Waals surface area contributed by atoms with Gasteiger partial charge in [0.05, 0.1) is 0 Å². The number of rotatable bonds is 1. The molecular weight excluding hydrogens is 170 g/mol. The van der Waals surface area contributed by atoms with E-state index in [2.05, 4.69) is 54.5 Å². The summed E-state index contributed by atoms with van der Waals surface area (Å²) in [4.78, 5) is 2.40. The van der Waals surface area contributed by atoms with E-state index in [0.717, 1.165) is 5.92 Å². The lowest BCUT2D eigenvalue weighted by atomic mass is 9.96. The highest BCUT2D eigenvalue weighted by atomic mass is 15.1. The van der Waals surface area contributed by atoms with Crippen molar-refractivity contribution in [2.24, 2.45) is 5.92 Å². The van der Waals surface area contributed by atoms with Crippen LogP contribution in [-0.4, -0.2) is 25.0 Å². The van der Waals surface area contributed by atoms with E-state index >= 15 is 0 Å². The molecule has 1 heterocycles. The highest BCUT2D eigenvalue weighted by Gasteiger charge is 2.21. The van der Waals surface area contributed by atoms with Crippen LogP contribution in [0.1, 0.15) is 6.42 Å². The summed E-state index contributed by atoms with van der Waals surface area (Å²) in [5.41, 5.74) is 1.47. The van der Waals surface area contributed by atoms with E-state index in [9.17, 15) is 0 Å². The number of nitrogens with zero attached hydrogens (tertiary/aromatic N) is 1. The van der Waals surface area contributed by atoms with Gasteiger partial charge in [0, 0.05) is 6.54 Å². The van der Waals surface area contributed by atoms with Crippen molar-refractivity contribution in [2.75, 3.05) is 20.1 Å². The van der Waals surface area contributed by atoms with Gasteiger partial charge < -0.3 is 4.90 Å². The molecule has 1 aliphatic heterocycles. The van der Waals surface area contributed by atoms with Crippen LogP contribution in [0.2, 0.25) is 0 Å². The first-order valence-corrected chi connectivity index (χ1v) is 5.26. The van der Waals surface area contributed by atoms with Crippen molar-refractivity contribution in [3.8, 4) is 0 Å². The molecule has 1 saturated heterocycles. The Labute approximate surface area is 86.1 Å². The fourth-order valence-corrected chi connectivity index (χ4v) is 2.06. The third-order valence-electron chi connectivity index (χ3n) is 2.88. The van der Waals surface area contributed by atoms with E-state index in [-0.39, 0.29) is 0 Å². The molecule has 0 aromatic carbocycles. The molecule has 2 aliphatic rings. The molecule has 1 unspecified atom stereocenters. The summed E-state index contributed by atoms with van der Waals surface area (Å²) in [6, 6.07) is 0. The lowest BCUT2D eigenvalue weighted by Gasteiger charge is -2.11. The number of hydrogen-bond acceptors (Lipinski definition) is 1. The predicted molar refractivity (Wildman–Crippen MR) is 61.1 cm³/mol. The third-order valence-corrected chi connectivity index (χ3v) is 2.88. The summed E-state index contributed by atoms with van der Waals surface area (Å²) in [5, 5.41) is 0. The Balaban J connectivity index is 2.09. The summed E-state index contributed by atoms with van der Waals surface area (Å²) in [6.45, 7) is 2.43. The molecule has 1 fully saturated rings. The van der Waals surface area contributed by atoms with Crippen LogP contribution in [0.3, 0.4) is 0 Å². The second-order valence-electron chi connectivity index (χ2n) is 4.04. The van der Waals surface area contributed by atoms with Gasteiger partial charge in [0.25, 0.3) is 0 Å². The van der Waals surface area contributed by atoms with Crippen LogP contribution >= 0.6 is 0 Å². The molecule has 74 valence electrons. The van der Waals surface area contributed by atoms with Crippen LogP contribution in [0.15, 0.2) is 48.1 Å². The molecule has 1 heteroatoms. The third kappa shape index (κ3) is 2.24. The molecule has 0 aromatic heterocycles. The second-order valence-corrected chi connectivity index (χ2v) is 4.04. The lowest BCUT2D eigenvalue weighted by Crippen LogP contribution is -2.14. The van der Waals surface area contributed by atoms with Crippen LogP contribution < -0.4 is 0 Å². The molecule has 1 nitrogen and oxygen atoms in total. The van der Waals surface area contributed by atoms with Gasteiger partial charge in [0.1, 0.15) is 0 Å². The van der Waals surface area contributed by atoms with Crippen LogP contribution in [0.5, 0.6) is 0 Å². The fraction of sp³-hybridized carbons (Fsp3) is 0.385. The van der Waals surface area contributed by atoms with E-state index in [0.29, 0.717) is 0 Å². The van der Waals surface area contributed by atoms with Crippen molar-refractivity contribution >= 4 is 0 Å². The SMILES string of the molecule is CN1CCC(C2=CC=CC=CC=C2)C1. The minimum Gasteiger partial charge on any atom is -0.306 e. The second kappa shape index (κ2) is 4.43. The monoisotopic (exact) mass is 187 g/mol. The van der Waals surface area contributed by atoms with Gasteiger partial charge in [0.15, 0.2) is 0 Å². The Morgan fingerprint density at radius 3 is 2.71 bits per heavy atom. The first-order valence-electron chi connectivity index (χ1n) is 5.26. The van der Waals surface area contributed by atoms with Crippen molar-refractivity contribution in [2.45, 2.75) is 6.42 Å². The zero-order valence-corrected chi connectivity index (χ0v) is 8.69. The molecule has 0 radical (unpaired) electrons.